The smallest absolute Gasteiger partial charge is 0.361 e. The summed E-state index contributed by atoms with van der Waals surface area (Å²) in [6, 6.07) is 4.46. The average molecular weight is 374 g/mol. The number of esters is 1. The van der Waals surface area contributed by atoms with Gasteiger partial charge in [-0.25, -0.2) is 4.79 Å². The number of nitrogens with zero attached hydrogens (tertiary/aromatic N) is 1. The molecule has 0 bridgehead atoms. The lowest BCUT2D eigenvalue weighted by Crippen LogP contribution is -2.22. The van der Waals surface area contributed by atoms with Crippen molar-refractivity contribution in [3.63, 3.8) is 0 Å². The molecule has 10 heteroatoms. The molecule has 0 aliphatic rings. The van der Waals surface area contributed by atoms with Crippen molar-refractivity contribution in [3.05, 3.63) is 30.7 Å². The lowest BCUT2D eigenvalue weighted by Gasteiger charge is -2.11. The average Bonchev–Trinajstić information content (AvgIpc) is 2.57. The van der Waals surface area contributed by atoms with Crippen LogP contribution in [-0.2, 0) is 28.7 Å². The van der Waals surface area contributed by atoms with Gasteiger partial charge in [-0.3, -0.25) is 4.28 Å². The number of methoxy groups -OCH3 is 2. The van der Waals surface area contributed by atoms with Crippen LogP contribution in [0.3, 0.4) is 0 Å². The molecule has 1 rings (SSSR count). The van der Waals surface area contributed by atoms with Gasteiger partial charge < -0.3 is 18.9 Å². The quantitative estimate of drug-likeness (QED) is 0.256. The first-order chi connectivity index (χ1) is 11.8. The molecule has 139 valence electrons. The summed E-state index contributed by atoms with van der Waals surface area (Å²) in [5, 5.41) is 3.40. The summed E-state index contributed by atoms with van der Waals surface area (Å²) in [5.41, 5.74) is -0.120. The van der Waals surface area contributed by atoms with E-state index in [4.69, 9.17) is 18.9 Å². The van der Waals surface area contributed by atoms with Gasteiger partial charge in [-0.2, -0.15) is 8.42 Å². The van der Waals surface area contributed by atoms with Crippen molar-refractivity contribution in [2.75, 3.05) is 40.3 Å². The Morgan fingerprint density at radius 2 is 1.84 bits per heavy atom. The third-order valence-corrected chi connectivity index (χ3v) is 3.06. The summed E-state index contributed by atoms with van der Waals surface area (Å²) in [7, 11) is -1.03. The van der Waals surface area contributed by atoms with Crippen LogP contribution in [0, 0.1) is 6.92 Å². The van der Waals surface area contributed by atoms with Crippen LogP contribution < -0.4 is 9.47 Å². The standard InChI is InChI=1S/C15H20NO8S/c1-5-22-8-9-23-15(17)14(16-24-25(4,18)19)11-6-7-12(20-2)13(10-11)21-3/h6-7,10H,1,5,8-9H2,2-4H3/b16-14-. The predicted octanol–water partition coefficient (Wildman–Crippen LogP) is 0.778. The van der Waals surface area contributed by atoms with Gasteiger partial charge in [0.1, 0.15) is 6.61 Å². The Balaban J connectivity index is 3.12. The molecule has 0 spiro atoms. The number of oxime groups is 1. The molecule has 0 fully saturated rings. The van der Waals surface area contributed by atoms with E-state index in [0.29, 0.717) is 11.5 Å². The van der Waals surface area contributed by atoms with Gasteiger partial charge in [0.25, 0.3) is 0 Å². The van der Waals surface area contributed by atoms with Crippen molar-refractivity contribution in [3.8, 4) is 11.5 Å². The van der Waals surface area contributed by atoms with Crippen LogP contribution in [0.1, 0.15) is 5.56 Å². The Morgan fingerprint density at radius 1 is 1.16 bits per heavy atom. The maximum absolute atomic E-state index is 12.2. The molecule has 0 amide bonds. The zero-order valence-corrected chi connectivity index (χ0v) is 15.0. The highest BCUT2D eigenvalue weighted by atomic mass is 32.2. The van der Waals surface area contributed by atoms with Crippen LogP contribution in [0.4, 0.5) is 0 Å². The molecular weight excluding hydrogens is 354 g/mol. The zero-order chi connectivity index (χ0) is 18.9. The van der Waals surface area contributed by atoms with Gasteiger partial charge >= 0.3 is 16.1 Å². The molecule has 1 aromatic rings. The molecule has 0 aromatic heterocycles. The summed E-state index contributed by atoms with van der Waals surface area (Å²) in [4.78, 5) is 12.2. The molecule has 0 saturated carbocycles. The van der Waals surface area contributed by atoms with Crippen molar-refractivity contribution < 1.29 is 36.4 Å². The maximum Gasteiger partial charge on any atom is 0.361 e. The van der Waals surface area contributed by atoms with Crippen LogP contribution >= 0.6 is 0 Å². The third-order valence-electron chi connectivity index (χ3n) is 2.72. The lowest BCUT2D eigenvalue weighted by atomic mass is 10.1. The summed E-state index contributed by atoms with van der Waals surface area (Å²) < 4.78 is 46.9. The molecule has 0 saturated heterocycles. The minimum Gasteiger partial charge on any atom is -0.493 e. The van der Waals surface area contributed by atoms with Crippen molar-refractivity contribution in [2.24, 2.45) is 5.16 Å². The molecule has 0 heterocycles. The summed E-state index contributed by atoms with van der Waals surface area (Å²) in [6.45, 7) is 3.79. The van der Waals surface area contributed by atoms with E-state index in [-0.39, 0.29) is 31.1 Å². The normalized spacial score (nSPS) is 11.8. The molecule has 1 aromatic carbocycles. The molecule has 0 unspecified atom stereocenters. The van der Waals surface area contributed by atoms with E-state index in [1.807, 2.05) is 0 Å². The SMILES string of the molecule is [CH2]COCCOC(=O)/C(=N\OS(C)(=O)=O)c1ccc(OC)c(OC)c1. The number of ether oxygens (including phenoxy) is 4. The molecule has 0 N–H and O–H groups in total. The Morgan fingerprint density at radius 3 is 2.40 bits per heavy atom. The highest BCUT2D eigenvalue weighted by molar-refractivity contribution is 7.85. The highest BCUT2D eigenvalue weighted by Gasteiger charge is 2.20. The highest BCUT2D eigenvalue weighted by Crippen LogP contribution is 2.28. The second kappa shape index (κ2) is 9.84. The van der Waals surface area contributed by atoms with Gasteiger partial charge in [-0.1, -0.05) is 5.16 Å². The van der Waals surface area contributed by atoms with Crippen LogP contribution in [0.5, 0.6) is 11.5 Å². The van der Waals surface area contributed by atoms with E-state index >= 15 is 0 Å². The minimum absolute atomic E-state index is 0.0560. The van der Waals surface area contributed by atoms with Crippen LogP contribution in [0.2, 0.25) is 0 Å². The minimum atomic E-state index is -3.90. The van der Waals surface area contributed by atoms with Gasteiger partial charge in [0.15, 0.2) is 17.2 Å². The van der Waals surface area contributed by atoms with Crippen LogP contribution in [0.15, 0.2) is 23.4 Å². The van der Waals surface area contributed by atoms with Crippen molar-refractivity contribution in [1.29, 1.82) is 0 Å². The summed E-state index contributed by atoms with van der Waals surface area (Å²) >= 11 is 0. The molecule has 9 nitrogen and oxygen atoms in total. The molecule has 1 radical (unpaired) electrons. The fourth-order valence-electron chi connectivity index (χ4n) is 1.66. The molecule has 0 atom stereocenters. The number of rotatable bonds is 10. The van der Waals surface area contributed by atoms with Crippen molar-refractivity contribution in [1.82, 2.24) is 0 Å². The second-order valence-corrected chi connectivity index (χ2v) is 6.09. The van der Waals surface area contributed by atoms with E-state index in [9.17, 15) is 13.2 Å². The maximum atomic E-state index is 12.2. The van der Waals surface area contributed by atoms with Crippen LogP contribution in [0.25, 0.3) is 0 Å². The van der Waals surface area contributed by atoms with Gasteiger partial charge in [-0.15, -0.1) is 0 Å². The Kier molecular flexibility index (Phi) is 8.16. The fourth-order valence-corrected chi connectivity index (χ4v) is 1.87. The fraction of sp³-hybridized carbons (Fsp3) is 0.400. The second-order valence-electron chi connectivity index (χ2n) is 4.54. The third kappa shape index (κ3) is 6.98. The van der Waals surface area contributed by atoms with Gasteiger partial charge in [-0.05, 0) is 25.1 Å². The Labute approximate surface area is 146 Å². The van der Waals surface area contributed by atoms with E-state index in [2.05, 4.69) is 16.4 Å². The number of carbonyl (C=O) groups excluding carboxylic acids is 1. The monoisotopic (exact) mass is 374 g/mol. The molecule has 0 aliphatic carbocycles. The first-order valence-corrected chi connectivity index (χ1v) is 8.87. The van der Waals surface area contributed by atoms with E-state index in [0.717, 1.165) is 6.26 Å². The van der Waals surface area contributed by atoms with E-state index in [1.165, 1.54) is 32.4 Å². The van der Waals surface area contributed by atoms with Crippen LogP contribution in [-0.4, -0.2) is 60.4 Å². The molecule has 25 heavy (non-hydrogen) atoms. The van der Waals surface area contributed by atoms with Crippen molar-refractivity contribution in [2.45, 2.75) is 0 Å². The largest absolute Gasteiger partial charge is 0.493 e. The number of carbonyl (C=O) groups is 1. The number of benzene rings is 1. The summed E-state index contributed by atoms with van der Waals surface area (Å²) in [6.07, 6.45) is 0.802. The predicted molar refractivity (Wildman–Crippen MR) is 89.1 cm³/mol. The van der Waals surface area contributed by atoms with Gasteiger partial charge in [0, 0.05) is 12.2 Å². The lowest BCUT2D eigenvalue weighted by molar-refractivity contribution is -0.137. The number of hydrogen-bond donors (Lipinski definition) is 0. The van der Waals surface area contributed by atoms with Gasteiger partial charge in [0.05, 0.1) is 27.1 Å². The zero-order valence-electron chi connectivity index (χ0n) is 14.2. The van der Waals surface area contributed by atoms with Gasteiger partial charge in [0.2, 0.25) is 0 Å². The topological polar surface area (TPSA) is 110 Å². The Bertz CT molecular complexity index is 714. The van der Waals surface area contributed by atoms with Crippen molar-refractivity contribution >= 4 is 21.8 Å². The van der Waals surface area contributed by atoms with E-state index in [1.54, 1.807) is 0 Å². The van der Waals surface area contributed by atoms with E-state index < -0.39 is 16.1 Å². The molecule has 0 aliphatic heterocycles. The first kappa shape index (κ1) is 20.7. The molecular formula is C15H20NO8S. The Hall–Kier alpha value is -2.33. The first-order valence-electron chi connectivity index (χ1n) is 7.05. The number of hydrogen-bond acceptors (Lipinski definition) is 9. The summed E-state index contributed by atoms with van der Waals surface area (Å²) in [5.74, 6) is -0.143.